The lowest BCUT2D eigenvalue weighted by Gasteiger charge is -2.06. The van der Waals surface area contributed by atoms with E-state index in [1.807, 2.05) is 19.1 Å². The van der Waals surface area contributed by atoms with Crippen molar-refractivity contribution in [3.05, 3.63) is 62.7 Å². The number of carbonyl (C=O) groups is 1. The number of amides is 1. The molecule has 0 aliphatic carbocycles. The second-order valence-electron chi connectivity index (χ2n) is 5.27. The normalized spacial score (nSPS) is 10.9. The summed E-state index contributed by atoms with van der Waals surface area (Å²) in [4.78, 5) is 41.8. The summed E-state index contributed by atoms with van der Waals surface area (Å²) in [6, 6.07) is 7.39. The number of aromatic nitrogens is 4. The van der Waals surface area contributed by atoms with E-state index in [2.05, 4.69) is 15.3 Å². The van der Waals surface area contributed by atoms with Gasteiger partial charge in [0.15, 0.2) is 0 Å². The fourth-order valence-corrected chi connectivity index (χ4v) is 2.29. The first-order valence-electron chi connectivity index (χ1n) is 6.98. The molecule has 2 N–H and O–H groups in total. The highest BCUT2D eigenvalue weighted by Crippen LogP contribution is 2.10. The number of carbonyl (C=O) groups excluding carboxylic acids is 1. The summed E-state index contributed by atoms with van der Waals surface area (Å²) in [7, 11) is 1.50. The highest BCUT2D eigenvalue weighted by molar-refractivity contribution is 5.92. The number of aryl methyl sites for hydroxylation is 2. The predicted molar refractivity (Wildman–Crippen MR) is 84.6 cm³/mol. The number of nitrogens with zero attached hydrogens (tertiary/aromatic N) is 3. The molecule has 0 spiro atoms. The van der Waals surface area contributed by atoms with Gasteiger partial charge in [-0.3, -0.25) is 14.3 Å². The molecule has 8 nitrogen and oxygen atoms in total. The zero-order valence-electron chi connectivity index (χ0n) is 12.7. The molecule has 118 valence electrons. The number of hydrogen-bond donors (Lipinski definition) is 2. The smallest absolute Gasteiger partial charge is 0.326 e. The maximum absolute atomic E-state index is 12.1. The maximum Gasteiger partial charge on any atom is 0.336 e. The summed E-state index contributed by atoms with van der Waals surface area (Å²) < 4.78 is 2.43. The van der Waals surface area contributed by atoms with Crippen LogP contribution in [0.2, 0.25) is 0 Å². The Balaban J connectivity index is 1.88. The molecular formula is C15H15N5O3. The number of rotatable bonds is 3. The quantitative estimate of drug-likeness (QED) is 0.721. The summed E-state index contributed by atoms with van der Waals surface area (Å²) in [6.45, 7) is 1.96. The summed E-state index contributed by atoms with van der Waals surface area (Å²) in [6.07, 6.45) is 1.38. The van der Waals surface area contributed by atoms with Gasteiger partial charge < -0.3 is 5.32 Å². The lowest BCUT2D eigenvalue weighted by atomic mass is 10.2. The fraction of sp³-hybridized carbons (Fsp3) is 0.200. The summed E-state index contributed by atoms with van der Waals surface area (Å²) in [5.74, 6) is -0.0826. The Morgan fingerprint density at radius 2 is 1.91 bits per heavy atom. The van der Waals surface area contributed by atoms with Gasteiger partial charge in [0, 0.05) is 12.7 Å². The third-order valence-electron chi connectivity index (χ3n) is 3.51. The first-order valence-corrected chi connectivity index (χ1v) is 6.98. The average molecular weight is 313 g/mol. The minimum atomic E-state index is -0.612. The molecule has 0 atom stereocenters. The van der Waals surface area contributed by atoms with Crippen LogP contribution in [0.25, 0.3) is 5.78 Å². The van der Waals surface area contributed by atoms with Crippen molar-refractivity contribution in [3.8, 4) is 0 Å². The number of nitrogens with one attached hydrogen (secondary N) is 2. The summed E-state index contributed by atoms with van der Waals surface area (Å²) in [5.41, 5.74) is 1.01. The number of benzene rings is 1. The first-order chi connectivity index (χ1) is 11.0. The van der Waals surface area contributed by atoms with Crippen LogP contribution in [0.3, 0.4) is 0 Å². The van der Waals surface area contributed by atoms with E-state index in [0.717, 1.165) is 5.56 Å². The largest absolute Gasteiger partial charge is 0.336 e. The number of fused-ring (bicyclic) bond motifs is 1. The van der Waals surface area contributed by atoms with E-state index in [0.29, 0.717) is 11.4 Å². The van der Waals surface area contributed by atoms with Gasteiger partial charge in [-0.1, -0.05) is 17.7 Å². The van der Waals surface area contributed by atoms with Crippen LogP contribution in [-0.2, 0) is 18.3 Å². The Bertz CT molecular complexity index is 995. The zero-order valence-corrected chi connectivity index (χ0v) is 12.7. The standard InChI is InChI=1S/C15H15N5O3/c1-9-3-5-10(6-4-9)17-12(21)7-11-8-16-13-19(2)14(22)18-15(23)20(11)13/h3-6,8H,7H2,1-2H3,(H,17,21)(H,18,22,23). The van der Waals surface area contributed by atoms with Gasteiger partial charge in [0.05, 0.1) is 18.3 Å². The minimum Gasteiger partial charge on any atom is -0.326 e. The number of H-pyrrole nitrogens is 1. The molecule has 2 heterocycles. The molecule has 3 rings (SSSR count). The second kappa shape index (κ2) is 5.56. The maximum atomic E-state index is 12.1. The van der Waals surface area contributed by atoms with E-state index in [9.17, 15) is 14.4 Å². The molecule has 1 aromatic carbocycles. The van der Waals surface area contributed by atoms with Crippen molar-refractivity contribution in [2.24, 2.45) is 7.05 Å². The van der Waals surface area contributed by atoms with Gasteiger partial charge in [-0.25, -0.2) is 19.0 Å². The second-order valence-corrected chi connectivity index (χ2v) is 5.27. The van der Waals surface area contributed by atoms with Crippen molar-refractivity contribution < 1.29 is 4.79 Å². The van der Waals surface area contributed by atoms with Crippen LogP contribution >= 0.6 is 0 Å². The predicted octanol–water partition coefficient (Wildman–Crippen LogP) is 0.211. The highest BCUT2D eigenvalue weighted by Gasteiger charge is 2.13. The molecule has 23 heavy (non-hydrogen) atoms. The third kappa shape index (κ3) is 2.78. The van der Waals surface area contributed by atoms with Crippen molar-refractivity contribution in [2.75, 3.05) is 5.32 Å². The van der Waals surface area contributed by atoms with Crippen molar-refractivity contribution in [1.82, 2.24) is 18.9 Å². The van der Waals surface area contributed by atoms with Crippen molar-refractivity contribution in [1.29, 1.82) is 0 Å². The molecule has 0 saturated carbocycles. The molecule has 2 aromatic heterocycles. The van der Waals surface area contributed by atoms with Gasteiger partial charge in [-0.2, -0.15) is 0 Å². The Labute approximate surface area is 130 Å². The monoisotopic (exact) mass is 313 g/mol. The molecule has 0 aliphatic heterocycles. The van der Waals surface area contributed by atoms with Crippen LogP contribution in [0.1, 0.15) is 11.3 Å². The third-order valence-corrected chi connectivity index (χ3v) is 3.51. The number of anilines is 1. The van der Waals surface area contributed by atoms with Gasteiger partial charge in [0.2, 0.25) is 11.7 Å². The number of aromatic amines is 1. The average Bonchev–Trinajstić information content (AvgIpc) is 2.91. The lowest BCUT2D eigenvalue weighted by molar-refractivity contribution is -0.115. The van der Waals surface area contributed by atoms with Crippen LogP contribution in [0.15, 0.2) is 40.1 Å². The van der Waals surface area contributed by atoms with E-state index in [1.54, 1.807) is 12.1 Å². The van der Waals surface area contributed by atoms with Crippen molar-refractivity contribution in [2.45, 2.75) is 13.3 Å². The van der Waals surface area contributed by atoms with Gasteiger partial charge >= 0.3 is 11.4 Å². The molecule has 0 unspecified atom stereocenters. The van der Waals surface area contributed by atoms with Crippen LogP contribution in [0, 0.1) is 6.92 Å². The van der Waals surface area contributed by atoms with Crippen molar-refractivity contribution in [3.63, 3.8) is 0 Å². The van der Waals surface area contributed by atoms with E-state index in [1.165, 1.54) is 22.2 Å². The molecule has 0 fully saturated rings. The van der Waals surface area contributed by atoms with Gasteiger partial charge in [-0.05, 0) is 19.1 Å². The molecule has 3 aromatic rings. The van der Waals surface area contributed by atoms with Crippen molar-refractivity contribution >= 4 is 17.4 Å². The van der Waals surface area contributed by atoms with E-state index < -0.39 is 11.4 Å². The van der Waals surface area contributed by atoms with Crippen LogP contribution in [0.5, 0.6) is 0 Å². The minimum absolute atomic E-state index is 0.0314. The van der Waals surface area contributed by atoms with E-state index in [4.69, 9.17) is 0 Å². The first kappa shape index (κ1) is 14.8. The number of imidazole rings is 1. The van der Waals surface area contributed by atoms with Crippen LogP contribution in [0.4, 0.5) is 5.69 Å². The van der Waals surface area contributed by atoms with Gasteiger partial charge in [-0.15, -0.1) is 0 Å². The Hall–Kier alpha value is -3.16. The molecule has 0 bridgehead atoms. The lowest BCUT2D eigenvalue weighted by Crippen LogP contribution is -2.34. The molecule has 1 amide bonds. The van der Waals surface area contributed by atoms with Crippen LogP contribution < -0.4 is 16.7 Å². The molecular weight excluding hydrogens is 298 g/mol. The van der Waals surface area contributed by atoms with E-state index in [-0.39, 0.29) is 18.1 Å². The Morgan fingerprint density at radius 3 is 2.61 bits per heavy atom. The Kier molecular flexibility index (Phi) is 3.57. The van der Waals surface area contributed by atoms with Crippen LogP contribution in [-0.4, -0.2) is 24.8 Å². The summed E-state index contributed by atoms with van der Waals surface area (Å²) in [5, 5.41) is 2.76. The molecule has 8 heteroatoms. The fourth-order valence-electron chi connectivity index (χ4n) is 2.29. The topological polar surface area (TPSA) is 101 Å². The molecule has 0 aliphatic rings. The summed E-state index contributed by atoms with van der Waals surface area (Å²) >= 11 is 0. The van der Waals surface area contributed by atoms with E-state index >= 15 is 0 Å². The van der Waals surface area contributed by atoms with Gasteiger partial charge in [0.25, 0.3) is 0 Å². The highest BCUT2D eigenvalue weighted by atomic mass is 16.2. The van der Waals surface area contributed by atoms with Gasteiger partial charge in [0.1, 0.15) is 0 Å². The Morgan fingerprint density at radius 1 is 1.22 bits per heavy atom. The molecule has 0 saturated heterocycles. The molecule has 0 radical (unpaired) electrons. The number of hydrogen-bond acceptors (Lipinski definition) is 4. The zero-order chi connectivity index (χ0) is 16.6. The SMILES string of the molecule is Cc1ccc(NC(=O)Cc2cnc3n(C)c(=O)[nH]c(=O)n23)cc1.